The highest BCUT2D eigenvalue weighted by molar-refractivity contribution is 4.76. The molecular formula is C13H28N2O. The highest BCUT2D eigenvalue weighted by atomic mass is 16.5. The van der Waals surface area contributed by atoms with Gasteiger partial charge in [0.2, 0.25) is 0 Å². The molecule has 16 heavy (non-hydrogen) atoms. The zero-order valence-electron chi connectivity index (χ0n) is 11.0. The number of nitrogens with zero attached hydrogens (tertiary/aromatic N) is 1. The van der Waals surface area contributed by atoms with E-state index >= 15 is 0 Å². The van der Waals surface area contributed by atoms with Gasteiger partial charge in [-0.3, -0.25) is 4.90 Å². The van der Waals surface area contributed by atoms with Crippen molar-refractivity contribution in [3.63, 3.8) is 0 Å². The number of hydrogen-bond acceptors (Lipinski definition) is 3. The van der Waals surface area contributed by atoms with Crippen LogP contribution in [0.2, 0.25) is 0 Å². The van der Waals surface area contributed by atoms with Gasteiger partial charge in [-0.1, -0.05) is 32.6 Å². The molecule has 1 unspecified atom stereocenters. The van der Waals surface area contributed by atoms with E-state index in [1.807, 2.05) is 7.05 Å². The van der Waals surface area contributed by atoms with Crippen LogP contribution in [0.15, 0.2) is 0 Å². The summed E-state index contributed by atoms with van der Waals surface area (Å²) >= 11 is 0. The molecule has 0 aromatic carbocycles. The van der Waals surface area contributed by atoms with E-state index in [0.29, 0.717) is 6.04 Å². The standard InChI is InChI=1S/C13H28N2O/c1-3-4-5-6-7-8-15-9-10-16-12-13(15)11-14-2/h13-14H,3-12H2,1-2H3. The molecule has 1 saturated heterocycles. The molecule has 1 N–H and O–H groups in total. The van der Waals surface area contributed by atoms with Gasteiger partial charge in [0, 0.05) is 19.1 Å². The molecule has 3 nitrogen and oxygen atoms in total. The molecule has 0 aliphatic carbocycles. The number of morpholine rings is 1. The van der Waals surface area contributed by atoms with Crippen LogP contribution in [0.4, 0.5) is 0 Å². The number of likely N-dealkylation sites (N-methyl/N-ethyl adjacent to an activating group) is 1. The summed E-state index contributed by atoms with van der Waals surface area (Å²) in [6.45, 7) is 7.49. The van der Waals surface area contributed by atoms with Crippen molar-refractivity contribution in [2.24, 2.45) is 0 Å². The van der Waals surface area contributed by atoms with Crippen LogP contribution in [-0.2, 0) is 4.74 Å². The topological polar surface area (TPSA) is 24.5 Å². The molecule has 0 amide bonds. The van der Waals surface area contributed by atoms with Crippen LogP contribution in [0.5, 0.6) is 0 Å². The van der Waals surface area contributed by atoms with E-state index in [9.17, 15) is 0 Å². The fourth-order valence-corrected chi connectivity index (χ4v) is 2.33. The lowest BCUT2D eigenvalue weighted by atomic mass is 10.1. The smallest absolute Gasteiger partial charge is 0.0634 e. The van der Waals surface area contributed by atoms with Gasteiger partial charge in [0.15, 0.2) is 0 Å². The largest absolute Gasteiger partial charge is 0.378 e. The van der Waals surface area contributed by atoms with Crippen molar-refractivity contribution < 1.29 is 4.74 Å². The van der Waals surface area contributed by atoms with Crippen LogP contribution in [0.1, 0.15) is 39.0 Å². The minimum atomic E-state index is 0.588. The van der Waals surface area contributed by atoms with Crippen LogP contribution < -0.4 is 5.32 Å². The van der Waals surface area contributed by atoms with Gasteiger partial charge in [0.25, 0.3) is 0 Å². The van der Waals surface area contributed by atoms with Gasteiger partial charge >= 0.3 is 0 Å². The molecule has 0 spiro atoms. The minimum Gasteiger partial charge on any atom is -0.378 e. The van der Waals surface area contributed by atoms with Crippen LogP contribution in [0.25, 0.3) is 0 Å². The first-order valence-corrected chi connectivity index (χ1v) is 6.85. The lowest BCUT2D eigenvalue weighted by molar-refractivity contribution is -0.00681. The van der Waals surface area contributed by atoms with Crippen LogP contribution in [0.3, 0.4) is 0 Å². The zero-order valence-corrected chi connectivity index (χ0v) is 11.0. The molecule has 0 radical (unpaired) electrons. The number of nitrogens with one attached hydrogen (secondary N) is 1. The Morgan fingerprint density at radius 1 is 1.25 bits per heavy atom. The SMILES string of the molecule is CCCCCCCN1CCOCC1CNC. The zero-order chi connectivity index (χ0) is 11.6. The summed E-state index contributed by atoms with van der Waals surface area (Å²) in [6, 6.07) is 0.588. The Labute approximate surface area is 101 Å². The molecule has 0 aromatic heterocycles. The fourth-order valence-electron chi connectivity index (χ4n) is 2.33. The van der Waals surface area contributed by atoms with Crippen molar-refractivity contribution in [3.05, 3.63) is 0 Å². The maximum atomic E-state index is 5.53. The average molecular weight is 228 g/mol. The van der Waals surface area contributed by atoms with E-state index in [0.717, 1.165) is 26.3 Å². The number of unbranched alkanes of at least 4 members (excludes halogenated alkanes) is 4. The molecule has 1 aliphatic rings. The molecule has 1 rings (SSSR count). The van der Waals surface area contributed by atoms with Crippen molar-refractivity contribution in [1.82, 2.24) is 10.2 Å². The Bertz CT molecular complexity index is 162. The summed E-state index contributed by atoms with van der Waals surface area (Å²) in [5.74, 6) is 0. The lowest BCUT2D eigenvalue weighted by Gasteiger charge is -2.35. The Kier molecular flexibility index (Phi) is 7.81. The van der Waals surface area contributed by atoms with E-state index in [4.69, 9.17) is 4.74 Å². The molecule has 0 saturated carbocycles. The van der Waals surface area contributed by atoms with Crippen molar-refractivity contribution in [2.45, 2.75) is 45.1 Å². The van der Waals surface area contributed by atoms with Crippen LogP contribution in [-0.4, -0.2) is 50.8 Å². The molecule has 1 heterocycles. The first-order valence-electron chi connectivity index (χ1n) is 6.85. The second kappa shape index (κ2) is 8.97. The first-order chi connectivity index (χ1) is 7.88. The van der Waals surface area contributed by atoms with Gasteiger partial charge in [0.1, 0.15) is 0 Å². The quantitative estimate of drug-likeness (QED) is 0.642. The molecular weight excluding hydrogens is 200 g/mol. The Morgan fingerprint density at radius 3 is 2.81 bits per heavy atom. The van der Waals surface area contributed by atoms with Crippen LogP contribution >= 0.6 is 0 Å². The normalized spacial score (nSPS) is 22.5. The van der Waals surface area contributed by atoms with Gasteiger partial charge < -0.3 is 10.1 Å². The third-order valence-electron chi connectivity index (χ3n) is 3.34. The monoisotopic (exact) mass is 228 g/mol. The third kappa shape index (κ3) is 5.28. The molecule has 1 atom stereocenters. The van der Waals surface area contributed by atoms with E-state index in [1.165, 1.54) is 38.6 Å². The fraction of sp³-hybridized carbons (Fsp3) is 1.00. The summed E-state index contributed by atoms with van der Waals surface area (Å²) in [6.07, 6.45) is 6.86. The Morgan fingerprint density at radius 2 is 2.06 bits per heavy atom. The van der Waals surface area contributed by atoms with E-state index in [-0.39, 0.29) is 0 Å². The molecule has 0 bridgehead atoms. The second-order valence-corrected chi connectivity index (χ2v) is 4.74. The van der Waals surface area contributed by atoms with Crippen molar-refractivity contribution in [3.8, 4) is 0 Å². The Hall–Kier alpha value is -0.120. The highest BCUT2D eigenvalue weighted by Crippen LogP contribution is 2.09. The maximum Gasteiger partial charge on any atom is 0.0634 e. The molecule has 0 aromatic rings. The van der Waals surface area contributed by atoms with Crippen LogP contribution in [0, 0.1) is 0 Å². The number of rotatable bonds is 8. The van der Waals surface area contributed by atoms with Gasteiger partial charge in [-0.15, -0.1) is 0 Å². The highest BCUT2D eigenvalue weighted by Gasteiger charge is 2.21. The summed E-state index contributed by atoms with van der Waals surface area (Å²) in [4.78, 5) is 2.59. The maximum absolute atomic E-state index is 5.53. The summed E-state index contributed by atoms with van der Waals surface area (Å²) < 4.78 is 5.53. The molecule has 1 fully saturated rings. The van der Waals surface area contributed by atoms with E-state index < -0.39 is 0 Å². The minimum absolute atomic E-state index is 0.588. The second-order valence-electron chi connectivity index (χ2n) is 4.74. The number of hydrogen-bond donors (Lipinski definition) is 1. The Balaban J connectivity index is 2.11. The summed E-state index contributed by atoms with van der Waals surface area (Å²) in [7, 11) is 2.02. The van der Waals surface area contributed by atoms with Gasteiger partial charge in [-0.25, -0.2) is 0 Å². The number of ether oxygens (including phenoxy) is 1. The third-order valence-corrected chi connectivity index (χ3v) is 3.34. The van der Waals surface area contributed by atoms with Gasteiger partial charge in [-0.05, 0) is 20.0 Å². The van der Waals surface area contributed by atoms with Crippen molar-refractivity contribution in [2.75, 3.05) is 39.9 Å². The van der Waals surface area contributed by atoms with Gasteiger partial charge in [0.05, 0.1) is 13.2 Å². The summed E-state index contributed by atoms with van der Waals surface area (Å²) in [5.41, 5.74) is 0. The van der Waals surface area contributed by atoms with E-state index in [1.54, 1.807) is 0 Å². The summed E-state index contributed by atoms with van der Waals surface area (Å²) in [5, 5.41) is 3.26. The molecule has 3 heteroatoms. The predicted molar refractivity (Wildman–Crippen MR) is 68.9 cm³/mol. The first kappa shape index (κ1) is 13.9. The molecule has 1 aliphatic heterocycles. The van der Waals surface area contributed by atoms with Crippen molar-refractivity contribution in [1.29, 1.82) is 0 Å². The van der Waals surface area contributed by atoms with Crippen molar-refractivity contribution >= 4 is 0 Å². The molecule has 96 valence electrons. The lowest BCUT2D eigenvalue weighted by Crippen LogP contribution is -2.50. The average Bonchev–Trinajstić information content (AvgIpc) is 2.31. The van der Waals surface area contributed by atoms with Gasteiger partial charge in [-0.2, -0.15) is 0 Å². The predicted octanol–water partition coefficient (Wildman–Crippen LogP) is 1.88. The van der Waals surface area contributed by atoms with E-state index in [2.05, 4.69) is 17.1 Å².